The van der Waals surface area contributed by atoms with Crippen molar-refractivity contribution >= 4 is 11.8 Å². The molecule has 7 heteroatoms. The summed E-state index contributed by atoms with van der Waals surface area (Å²) in [6.07, 6.45) is 8.80. The Morgan fingerprint density at radius 3 is 2.71 bits per heavy atom. The van der Waals surface area contributed by atoms with Gasteiger partial charge in [-0.15, -0.1) is 0 Å². The normalized spacial score (nSPS) is 22.5. The van der Waals surface area contributed by atoms with Crippen LogP contribution in [0, 0.1) is 0 Å². The Bertz CT molecular complexity index is 1010. The minimum atomic E-state index is -0.404. The minimum Gasteiger partial charge on any atom is -0.329 e. The van der Waals surface area contributed by atoms with E-state index in [9.17, 15) is 9.59 Å². The van der Waals surface area contributed by atoms with Gasteiger partial charge in [0.15, 0.2) is 0 Å². The largest absolute Gasteiger partial charge is 0.329 e. The molecular weight excluding hydrogens is 390 g/mol. The zero-order valence-electron chi connectivity index (χ0n) is 17.6. The van der Waals surface area contributed by atoms with Gasteiger partial charge in [-0.2, -0.15) is 0 Å². The number of rotatable bonds is 4. The quantitative estimate of drug-likeness (QED) is 0.827. The number of carbonyl (C=O) groups is 2. The van der Waals surface area contributed by atoms with Gasteiger partial charge in [0.05, 0.1) is 5.69 Å². The number of aromatic nitrogens is 2. The third-order valence-electron chi connectivity index (χ3n) is 6.72. The second kappa shape index (κ2) is 8.23. The first-order valence-corrected chi connectivity index (χ1v) is 11.0. The minimum absolute atomic E-state index is 0.0343. The Labute approximate surface area is 182 Å². The van der Waals surface area contributed by atoms with Gasteiger partial charge in [0.2, 0.25) is 5.91 Å². The molecule has 2 fully saturated rings. The molecule has 0 radical (unpaired) electrons. The van der Waals surface area contributed by atoms with E-state index in [0.29, 0.717) is 18.9 Å². The summed E-state index contributed by atoms with van der Waals surface area (Å²) >= 11 is 0. The van der Waals surface area contributed by atoms with E-state index in [1.807, 2.05) is 12.3 Å². The lowest BCUT2D eigenvalue weighted by Gasteiger charge is -2.32. The zero-order chi connectivity index (χ0) is 21.4. The molecule has 160 valence electrons. The number of likely N-dealkylation sites (tertiary alicyclic amines) is 1. The second-order valence-electron chi connectivity index (χ2n) is 8.74. The van der Waals surface area contributed by atoms with E-state index in [2.05, 4.69) is 38.9 Å². The van der Waals surface area contributed by atoms with Crippen LogP contribution in [0.15, 0.2) is 49.1 Å². The van der Waals surface area contributed by atoms with Crippen molar-refractivity contribution in [3.63, 3.8) is 0 Å². The maximum atomic E-state index is 12.9. The summed E-state index contributed by atoms with van der Waals surface area (Å²) in [7, 11) is 0. The Morgan fingerprint density at radius 2 is 1.97 bits per heavy atom. The predicted octanol–water partition coefficient (Wildman–Crippen LogP) is 2.60. The number of benzene rings is 1. The van der Waals surface area contributed by atoms with Crippen molar-refractivity contribution in [2.24, 2.45) is 0 Å². The molecule has 0 spiro atoms. The average Bonchev–Trinajstić information content (AvgIpc) is 3.10. The molecule has 1 N–H and O–H groups in total. The summed E-state index contributed by atoms with van der Waals surface area (Å²) in [5.74, 6) is 0.343. The summed E-state index contributed by atoms with van der Waals surface area (Å²) in [6.45, 7) is 7.23. The topological polar surface area (TPSA) is 78.4 Å². The predicted molar refractivity (Wildman–Crippen MR) is 116 cm³/mol. The summed E-state index contributed by atoms with van der Waals surface area (Å²) in [5.41, 5.74) is 4.82. The fourth-order valence-electron chi connectivity index (χ4n) is 4.99. The number of fused-ring (bicyclic) bond motifs is 1. The highest BCUT2D eigenvalue weighted by molar-refractivity contribution is 6.01. The lowest BCUT2D eigenvalue weighted by atomic mass is 9.88. The first-order chi connectivity index (χ1) is 15.1. The molecule has 3 aliphatic rings. The first kappa shape index (κ1) is 19.9. The summed E-state index contributed by atoms with van der Waals surface area (Å²) in [4.78, 5) is 38.0. The van der Waals surface area contributed by atoms with E-state index >= 15 is 0 Å². The fraction of sp³-hybridized carbons (Fsp3) is 0.417. The zero-order valence-corrected chi connectivity index (χ0v) is 17.6. The summed E-state index contributed by atoms with van der Waals surface area (Å²) in [5, 5.41) is 2.80. The summed E-state index contributed by atoms with van der Waals surface area (Å²) in [6, 6.07) is 5.85. The van der Waals surface area contributed by atoms with Crippen molar-refractivity contribution in [1.82, 2.24) is 25.1 Å². The van der Waals surface area contributed by atoms with E-state index in [1.54, 1.807) is 17.3 Å². The molecule has 4 heterocycles. The maximum Gasteiger partial charge on any atom is 0.255 e. The molecule has 1 unspecified atom stereocenters. The number of nitrogens with one attached hydrogen (secondary N) is 1. The molecule has 5 rings (SSSR count). The molecule has 1 atom stereocenters. The molecule has 0 bridgehead atoms. The van der Waals surface area contributed by atoms with Gasteiger partial charge in [0.1, 0.15) is 6.04 Å². The van der Waals surface area contributed by atoms with E-state index < -0.39 is 6.04 Å². The van der Waals surface area contributed by atoms with Gasteiger partial charge in [0, 0.05) is 42.9 Å². The average molecular weight is 418 g/mol. The molecular formula is C24H27N5O2. The Kier molecular flexibility index (Phi) is 5.28. The van der Waals surface area contributed by atoms with Crippen LogP contribution >= 0.6 is 0 Å². The monoisotopic (exact) mass is 417 g/mol. The van der Waals surface area contributed by atoms with Crippen molar-refractivity contribution in [2.75, 3.05) is 13.1 Å². The van der Waals surface area contributed by atoms with Crippen molar-refractivity contribution in [2.45, 2.75) is 50.7 Å². The molecule has 1 aromatic carbocycles. The number of amides is 2. The second-order valence-corrected chi connectivity index (χ2v) is 8.74. The number of carbonyl (C=O) groups excluding carboxylic acids is 2. The van der Waals surface area contributed by atoms with Crippen molar-refractivity contribution in [3.8, 4) is 0 Å². The van der Waals surface area contributed by atoms with Gasteiger partial charge in [-0.25, -0.2) is 0 Å². The Morgan fingerprint density at radius 1 is 1.13 bits per heavy atom. The van der Waals surface area contributed by atoms with Crippen molar-refractivity contribution in [1.29, 1.82) is 0 Å². The Balaban J connectivity index is 1.24. The molecule has 31 heavy (non-hydrogen) atoms. The third-order valence-corrected chi connectivity index (χ3v) is 6.72. The first-order valence-electron chi connectivity index (χ1n) is 11.0. The van der Waals surface area contributed by atoms with Crippen LogP contribution in [0.1, 0.15) is 58.8 Å². The van der Waals surface area contributed by atoms with Crippen molar-refractivity contribution < 1.29 is 9.59 Å². The lowest BCUT2D eigenvalue weighted by Crippen LogP contribution is -2.49. The number of allylic oxidation sites excluding steroid dienone is 1. The van der Waals surface area contributed by atoms with E-state index in [1.165, 1.54) is 5.56 Å². The standard InChI is InChI=1S/C24H27N5O2/c1-16-2-5-22(23(30)27-16)29-14-19-12-18(3-4-21(19)24(29)31)17-6-10-28(11-7-17)15-20-13-25-8-9-26-20/h3-4,8-9,12-13,17,22H,1-2,5-7,10-11,14-15H2,(H,27,30). The smallest absolute Gasteiger partial charge is 0.255 e. The molecule has 7 nitrogen and oxygen atoms in total. The molecule has 2 saturated heterocycles. The molecule has 3 aliphatic heterocycles. The van der Waals surface area contributed by atoms with E-state index in [4.69, 9.17) is 0 Å². The number of piperidine rings is 2. The maximum absolute atomic E-state index is 12.9. The van der Waals surface area contributed by atoms with Crippen LogP contribution in [0.4, 0.5) is 0 Å². The van der Waals surface area contributed by atoms with Gasteiger partial charge in [0.25, 0.3) is 5.91 Å². The van der Waals surface area contributed by atoms with Crippen LogP contribution in [0.25, 0.3) is 0 Å². The highest BCUT2D eigenvalue weighted by atomic mass is 16.2. The van der Waals surface area contributed by atoms with E-state index in [0.717, 1.165) is 61.4 Å². The summed E-state index contributed by atoms with van der Waals surface area (Å²) < 4.78 is 0. The van der Waals surface area contributed by atoms with Gasteiger partial charge >= 0.3 is 0 Å². The number of hydrogen-bond donors (Lipinski definition) is 1. The fourth-order valence-corrected chi connectivity index (χ4v) is 4.99. The van der Waals surface area contributed by atoms with Crippen LogP contribution in [0.2, 0.25) is 0 Å². The highest BCUT2D eigenvalue weighted by Crippen LogP contribution is 2.34. The van der Waals surface area contributed by atoms with Crippen LogP contribution in [0.3, 0.4) is 0 Å². The Hall–Kier alpha value is -3.06. The van der Waals surface area contributed by atoms with Crippen molar-refractivity contribution in [3.05, 3.63) is 71.4 Å². The van der Waals surface area contributed by atoms with Crippen LogP contribution in [-0.2, 0) is 17.9 Å². The molecule has 0 aliphatic carbocycles. The van der Waals surface area contributed by atoms with Crippen LogP contribution < -0.4 is 5.32 Å². The van der Waals surface area contributed by atoms with Gasteiger partial charge in [-0.3, -0.25) is 24.5 Å². The molecule has 1 aromatic heterocycles. The van der Waals surface area contributed by atoms with Gasteiger partial charge < -0.3 is 10.2 Å². The highest BCUT2D eigenvalue weighted by Gasteiger charge is 2.38. The van der Waals surface area contributed by atoms with Gasteiger partial charge in [-0.1, -0.05) is 18.7 Å². The van der Waals surface area contributed by atoms with Crippen LogP contribution in [0.5, 0.6) is 0 Å². The SMILES string of the molecule is C=C1CCC(N2Cc3cc(C4CCN(Cc5cnccn5)CC4)ccc3C2=O)C(=O)N1. The molecule has 2 amide bonds. The van der Waals surface area contributed by atoms with Crippen LogP contribution in [-0.4, -0.2) is 50.7 Å². The molecule has 0 saturated carbocycles. The number of nitrogens with zero attached hydrogens (tertiary/aromatic N) is 4. The lowest BCUT2D eigenvalue weighted by molar-refractivity contribution is -0.126. The third kappa shape index (κ3) is 3.97. The van der Waals surface area contributed by atoms with Gasteiger partial charge in [-0.05, 0) is 61.9 Å². The van der Waals surface area contributed by atoms with E-state index in [-0.39, 0.29) is 11.8 Å². The molecule has 2 aromatic rings. The number of hydrogen-bond acceptors (Lipinski definition) is 5.